The molecule has 1 aromatic heterocycles. The van der Waals surface area contributed by atoms with Crippen molar-refractivity contribution in [2.45, 2.75) is 71.8 Å². The molecule has 1 amide bonds. The Morgan fingerprint density at radius 1 is 1.38 bits per heavy atom. The van der Waals surface area contributed by atoms with Crippen molar-refractivity contribution in [1.82, 2.24) is 9.88 Å². The number of nitrogens with zero attached hydrogens (tertiary/aromatic N) is 1. The summed E-state index contributed by atoms with van der Waals surface area (Å²) >= 11 is 5.99. The molecule has 0 spiro atoms. The van der Waals surface area contributed by atoms with Gasteiger partial charge in [0.1, 0.15) is 5.69 Å². The summed E-state index contributed by atoms with van der Waals surface area (Å²) in [4.78, 5) is 18.3. The minimum Gasteiger partial charge on any atom is -0.390 e. The second-order valence-corrected chi connectivity index (χ2v) is 9.05. The standard InChI is InChI=1S/C24H37ClN2O2/c1-6-17(4)13-21-20(14-18(5)25)15-22(26-21)23(28)27-11-9-19(10-12-27)16-24(29,7-2)8-3/h13-15,17,19,26,29H,5-12,16H2,1-4H3/b20-14-,21-13+. The Morgan fingerprint density at radius 3 is 2.52 bits per heavy atom. The lowest BCUT2D eigenvalue weighted by Gasteiger charge is -2.36. The van der Waals surface area contributed by atoms with Crippen LogP contribution < -0.4 is 10.6 Å². The molecule has 0 radical (unpaired) electrons. The lowest BCUT2D eigenvalue weighted by Crippen LogP contribution is -2.41. The van der Waals surface area contributed by atoms with E-state index in [2.05, 4.69) is 31.5 Å². The van der Waals surface area contributed by atoms with E-state index < -0.39 is 5.60 Å². The molecule has 4 nitrogen and oxygen atoms in total. The van der Waals surface area contributed by atoms with E-state index in [-0.39, 0.29) is 5.91 Å². The minimum absolute atomic E-state index is 0.0309. The zero-order chi connectivity index (χ0) is 21.6. The molecule has 0 saturated carbocycles. The van der Waals surface area contributed by atoms with Gasteiger partial charge in [-0.1, -0.05) is 58.4 Å². The van der Waals surface area contributed by atoms with Crippen LogP contribution in [0.3, 0.4) is 0 Å². The topological polar surface area (TPSA) is 56.3 Å². The molecule has 1 aliphatic heterocycles. The van der Waals surface area contributed by atoms with E-state index >= 15 is 0 Å². The molecule has 0 aliphatic carbocycles. The fourth-order valence-electron chi connectivity index (χ4n) is 4.02. The van der Waals surface area contributed by atoms with Crippen LogP contribution in [0.5, 0.6) is 0 Å². The van der Waals surface area contributed by atoms with Gasteiger partial charge < -0.3 is 15.0 Å². The highest BCUT2D eigenvalue weighted by Crippen LogP contribution is 2.30. The number of halogens is 1. The lowest BCUT2D eigenvalue weighted by molar-refractivity contribution is -0.00132. The quantitative estimate of drug-likeness (QED) is 0.663. The van der Waals surface area contributed by atoms with Crippen molar-refractivity contribution in [1.29, 1.82) is 0 Å². The highest BCUT2D eigenvalue weighted by Gasteiger charge is 2.30. The van der Waals surface area contributed by atoms with E-state index in [4.69, 9.17) is 11.6 Å². The maximum Gasteiger partial charge on any atom is 0.270 e. The van der Waals surface area contributed by atoms with Gasteiger partial charge in [-0.3, -0.25) is 4.79 Å². The number of carbonyl (C=O) groups excluding carboxylic acids is 1. The predicted molar refractivity (Wildman–Crippen MR) is 122 cm³/mol. The van der Waals surface area contributed by atoms with E-state index in [0.717, 1.165) is 62.2 Å². The molecule has 29 heavy (non-hydrogen) atoms. The van der Waals surface area contributed by atoms with Gasteiger partial charge in [0.25, 0.3) is 5.91 Å². The Morgan fingerprint density at radius 2 is 2.00 bits per heavy atom. The zero-order valence-electron chi connectivity index (χ0n) is 18.4. The molecular weight excluding hydrogens is 384 g/mol. The van der Waals surface area contributed by atoms with E-state index in [0.29, 0.717) is 22.6 Å². The number of hydrogen-bond acceptors (Lipinski definition) is 2. The number of nitrogens with one attached hydrogen (secondary N) is 1. The summed E-state index contributed by atoms with van der Waals surface area (Å²) in [6.07, 6.45) is 9.25. The Hall–Kier alpha value is -1.52. The van der Waals surface area contributed by atoms with Crippen LogP contribution in [-0.2, 0) is 0 Å². The largest absolute Gasteiger partial charge is 0.390 e. The van der Waals surface area contributed by atoms with Crippen molar-refractivity contribution in [3.8, 4) is 0 Å². The Balaban J connectivity index is 2.14. The molecule has 2 N–H and O–H groups in total. The number of hydrogen-bond donors (Lipinski definition) is 2. The molecule has 1 saturated heterocycles. The molecule has 1 aliphatic rings. The van der Waals surface area contributed by atoms with Crippen molar-refractivity contribution in [3.63, 3.8) is 0 Å². The van der Waals surface area contributed by atoms with E-state index in [1.54, 1.807) is 6.08 Å². The van der Waals surface area contributed by atoms with Crippen LogP contribution in [0, 0.1) is 11.8 Å². The molecule has 5 heteroatoms. The summed E-state index contributed by atoms with van der Waals surface area (Å²) in [5, 5.41) is 12.9. The van der Waals surface area contributed by atoms with Crippen LogP contribution in [-0.4, -0.2) is 39.6 Å². The van der Waals surface area contributed by atoms with Crippen LogP contribution in [0.4, 0.5) is 0 Å². The lowest BCUT2D eigenvalue weighted by atomic mass is 9.82. The van der Waals surface area contributed by atoms with Crippen molar-refractivity contribution < 1.29 is 9.90 Å². The maximum atomic E-state index is 13.1. The monoisotopic (exact) mass is 420 g/mol. The molecule has 1 fully saturated rings. The van der Waals surface area contributed by atoms with Crippen molar-refractivity contribution in [2.75, 3.05) is 13.1 Å². The third-order valence-corrected chi connectivity index (χ3v) is 6.51. The summed E-state index contributed by atoms with van der Waals surface area (Å²) in [5.74, 6) is 0.910. The number of carbonyl (C=O) groups is 1. The normalized spacial score (nSPS) is 18.3. The van der Waals surface area contributed by atoms with E-state index in [1.165, 1.54) is 0 Å². The van der Waals surface area contributed by atoms with Crippen LogP contribution in [0.25, 0.3) is 12.2 Å². The second kappa shape index (κ2) is 10.5. The Kier molecular flexibility index (Phi) is 8.59. The van der Waals surface area contributed by atoms with Gasteiger partial charge in [0.15, 0.2) is 0 Å². The molecule has 1 atom stereocenters. The molecular formula is C24H37ClN2O2. The minimum atomic E-state index is -0.564. The number of aromatic amines is 1. The molecule has 162 valence electrons. The number of H-pyrrole nitrogens is 1. The van der Waals surface area contributed by atoms with Crippen LogP contribution in [0.2, 0.25) is 0 Å². The average Bonchev–Trinajstić information content (AvgIpc) is 3.09. The van der Waals surface area contributed by atoms with Gasteiger partial charge in [0, 0.05) is 28.7 Å². The number of aliphatic hydroxyl groups is 1. The predicted octanol–water partition coefficient (Wildman–Crippen LogP) is 4.17. The maximum absolute atomic E-state index is 13.1. The third kappa shape index (κ3) is 6.48. The number of aromatic nitrogens is 1. The van der Waals surface area contributed by atoms with Gasteiger partial charge in [-0.05, 0) is 56.1 Å². The number of likely N-dealkylation sites (tertiary alicyclic amines) is 1. The molecule has 1 unspecified atom stereocenters. The highest BCUT2D eigenvalue weighted by molar-refractivity contribution is 6.33. The summed E-state index contributed by atoms with van der Waals surface area (Å²) in [6.45, 7) is 13.6. The first-order valence-electron chi connectivity index (χ1n) is 11.0. The fraction of sp³-hybridized carbons (Fsp3) is 0.625. The van der Waals surface area contributed by atoms with Gasteiger partial charge in [-0.2, -0.15) is 0 Å². The molecule has 2 rings (SSSR count). The number of amides is 1. The van der Waals surface area contributed by atoms with Crippen LogP contribution >= 0.6 is 11.6 Å². The summed E-state index contributed by atoms with van der Waals surface area (Å²) < 4.78 is 0. The smallest absolute Gasteiger partial charge is 0.270 e. The van der Waals surface area contributed by atoms with Crippen molar-refractivity contribution in [3.05, 3.63) is 33.9 Å². The summed E-state index contributed by atoms with van der Waals surface area (Å²) in [7, 11) is 0. The third-order valence-electron chi connectivity index (χ3n) is 6.40. The van der Waals surface area contributed by atoms with Gasteiger partial charge in [0.05, 0.1) is 5.60 Å². The SMILES string of the molecule is C=C(Cl)/C=c1/cc(C(=O)N2CCC(CC(O)(CC)CC)CC2)[nH]/c1=C/C(C)CC. The van der Waals surface area contributed by atoms with E-state index in [9.17, 15) is 9.90 Å². The molecule has 0 bridgehead atoms. The number of piperidine rings is 1. The molecule has 0 aromatic carbocycles. The fourth-order valence-corrected chi connectivity index (χ4v) is 4.13. The highest BCUT2D eigenvalue weighted by atomic mass is 35.5. The number of allylic oxidation sites excluding steroid dienone is 1. The second-order valence-electron chi connectivity index (χ2n) is 8.57. The first-order valence-corrected chi connectivity index (χ1v) is 11.4. The van der Waals surface area contributed by atoms with Crippen LogP contribution in [0.15, 0.2) is 17.7 Å². The summed E-state index contributed by atoms with van der Waals surface area (Å²) in [6, 6.07) is 1.88. The Bertz CT molecular complexity index is 814. The average molecular weight is 421 g/mol. The van der Waals surface area contributed by atoms with Gasteiger partial charge in [0.2, 0.25) is 0 Å². The van der Waals surface area contributed by atoms with Gasteiger partial charge >= 0.3 is 0 Å². The van der Waals surface area contributed by atoms with Crippen molar-refractivity contribution in [2.24, 2.45) is 11.8 Å². The first kappa shape index (κ1) is 23.8. The Labute approximate surface area is 180 Å². The molecule has 1 aromatic rings. The van der Waals surface area contributed by atoms with Crippen molar-refractivity contribution >= 4 is 29.7 Å². The zero-order valence-corrected chi connectivity index (χ0v) is 19.2. The summed E-state index contributed by atoms with van der Waals surface area (Å²) in [5.41, 5.74) is 0.0342. The van der Waals surface area contributed by atoms with Gasteiger partial charge in [-0.15, -0.1) is 0 Å². The van der Waals surface area contributed by atoms with Crippen LogP contribution in [0.1, 0.15) is 76.7 Å². The van der Waals surface area contributed by atoms with Gasteiger partial charge in [-0.25, -0.2) is 0 Å². The number of rotatable bonds is 8. The van der Waals surface area contributed by atoms with E-state index in [1.807, 2.05) is 24.8 Å². The molecule has 2 heterocycles. The first-order chi connectivity index (χ1) is 13.7.